The Kier molecular flexibility index (Phi) is 7.14. The molecule has 0 saturated carbocycles. The molecule has 0 radical (unpaired) electrons. The lowest BCUT2D eigenvalue weighted by Crippen LogP contribution is -1.91. The Morgan fingerprint density at radius 2 is 0.816 bits per heavy atom. The van der Waals surface area contributed by atoms with Gasteiger partial charge in [0.1, 0.15) is 11.2 Å². The predicted molar refractivity (Wildman–Crippen MR) is 202 cm³/mol. The summed E-state index contributed by atoms with van der Waals surface area (Å²) in [5, 5.41) is 2.19. The first kappa shape index (κ1) is 28.6. The fourth-order valence-electron chi connectivity index (χ4n) is 6.75. The van der Waals surface area contributed by atoms with E-state index in [0.717, 1.165) is 89.0 Å². The van der Waals surface area contributed by atoms with E-state index in [-0.39, 0.29) is 0 Å². The van der Waals surface area contributed by atoms with Crippen molar-refractivity contribution in [3.05, 3.63) is 182 Å². The van der Waals surface area contributed by atoms with Gasteiger partial charge in [-0.2, -0.15) is 0 Å². The number of aromatic nitrogens is 2. The summed E-state index contributed by atoms with van der Waals surface area (Å²) in [5.74, 6) is 0. The fraction of sp³-hybridized carbons (Fsp3) is 0. The largest absolute Gasteiger partial charge is 0.455 e. The van der Waals surface area contributed by atoms with Gasteiger partial charge in [-0.15, -0.1) is 0 Å². The molecule has 9 rings (SSSR count). The van der Waals surface area contributed by atoms with E-state index in [1.165, 1.54) is 0 Å². The molecule has 0 spiro atoms. The van der Waals surface area contributed by atoms with E-state index in [2.05, 4.69) is 127 Å². The highest BCUT2D eigenvalue weighted by Crippen LogP contribution is 2.43. The van der Waals surface area contributed by atoms with Crippen LogP contribution in [0, 0.1) is 0 Å². The van der Waals surface area contributed by atoms with Gasteiger partial charge in [-0.25, -0.2) is 0 Å². The molecule has 0 aliphatic heterocycles. The van der Waals surface area contributed by atoms with E-state index in [0.29, 0.717) is 0 Å². The number of fused-ring (bicyclic) bond motifs is 3. The van der Waals surface area contributed by atoms with Crippen molar-refractivity contribution in [3.63, 3.8) is 0 Å². The smallest absolute Gasteiger partial charge is 0.143 e. The van der Waals surface area contributed by atoms with Crippen LogP contribution >= 0.6 is 0 Å². The zero-order valence-corrected chi connectivity index (χ0v) is 26.6. The van der Waals surface area contributed by atoms with Gasteiger partial charge in [0.15, 0.2) is 0 Å². The van der Waals surface area contributed by atoms with Gasteiger partial charge in [-0.1, -0.05) is 152 Å². The van der Waals surface area contributed by atoms with E-state index in [9.17, 15) is 0 Å². The second-order valence-corrected chi connectivity index (χ2v) is 12.2. The molecule has 0 fully saturated rings. The lowest BCUT2D eigenvalue weighted by atomic mass is 9.90. The zero-order valence-electron chi connectivity index (χ0n) is 26.6. The first-order valence-corrected chi connectivity index (χ1v) is 16.5. The van der Waals surface area contributed by atoms with Crippen LogP contribution in [0.2, 0.25) is 0 Å². The number of hydrogen-bond acceptors (Lipinski definition) is 3. The van der Waals surface area contributed by atoms with Crippen molar-refractivity contribution in [1.82, 2.24) is 9.97 Å². The Labute approximate surface area is 284 Å². The van der Waals surface area contributed by atoms with Crippen LogP contribution in [-0.2, 0) is 0 Å². The quantitative estimate of drug-likeness (QED) is 0.184. The van der Waals surface area contributed by atoms with Crippen LogP contribution in [0.3, 0.4) is 0 Å². The monoisotopic (exact) mass is 626 g/mol. The minimum absolute atomic E-state index is 0.866. The Morgan fingerprint density at radius 3 is 1.39 bits per heavy atom. The van der Waals surface area contributed by atoms with Crippen molar-refractivity contribution in [2.75, 3.05) is 0 Å². The second kappa shape index (κ2) is 12.2. The molecule has 0 aliphatic rings. The number of benzene rings is 6. The van der Waals surface area contributed by atoms with E-state index in [1.54, 1.807) is 0 Å². The van der Waals surface area contributed by atoms with Gasteiger partial charge < -0.3 is 4.42 Å². The summed E-state index contributed by atoms with van der Waals surface area (Å²) in [7, 11) is 0. The maximum absolute atomic E-state index is 6.87. The zero-order chi connectivity index (χ0) is 32.6. The molecule has 0 saturated heterocycles. The molecular weight excluding hydrogens is 597 g/mol. The van der Waals surface area contributed by atoms with Crippen LogP contribution in [0.15, 0.2) is 187 Å². The second-order valence-electron chi connectivity index (χ2n) is 12.2. The van der Waals surface area contributed by atoms with Gasteiger partial charge in [0.25, 0.3) is 0 Å². The Hall–Kier alpha value is -6.58. The van der Waals surface area contributed by atoms with Crippen LogP contribution in [0.5, 0.6) is 0 Å². The van der Waals surface area contributed by atoms with Crippen LogP contribution in [0.1, 0.15) is 0 Å². The molecule has 0 amide bonds. The first-order valence-electron chi connectivity index (χ1n) is 16.5. The third kappa shape index (κ3) is 5.28. The summed E-state index contributed by atoms with van der Waals surface area (Å²) >= 11 is 0. The maximum Gasteiger partial charge on any atom is 0.143 e. The molecule has 0 aliphatic carbocycles. The van der Waals surface area contributed by atoms with Crippen LogP contribution in [-0.4, -0.2) is 9.97 Å². The summed E-state index contributed by atoms with van der Waals surface area (Å²) in [5.41, 5.74) is 14.4. The summed E-state index contributed by atoms with van der Waals surface area (Å²) in [6.45, 7) is 0. The summed E-state index contributed by atoms with van der Waals surface area (Å²) in [6.07, 6.45) is 3.94. The molecule has 230 valence electrons. The molecule has 0 unspecified atom stereocenters. The molecule has 9 aromatic rings. The van der Waals surface area contributed by atoms with E-state index >= 15 is 0 Å². The Bertz CT molecular complexity index is 2560. The van der Waals surface area contributed by atoms with Gasteiger partial charge >= 0.3 is 0 Å². The average molecular weight is 627 g/mol. The molecule has 49 heavy (non-hydrogen) atoms. The highest BCUT2D eigenvalue weighted by molar-refractivity contribution is 6.14. The van der Waals surface area contributed by atoms with Crippen molar-refractivity contribution in [3.8, 4) is 67.0 Å². The number of pyridine rings is 2. The van der Waals surface area contributed by atoms with Gasteiger partial charge in [-0.05, 0) is 40.5 Å². The topological polar surface area (TPSA) is 38.9 Å². The highest BCUT2D eigenvalue weighted by atomic mass is 16.3. The van der Waals surface area contributed by atoms with Gasteiger partial charge in [0.05, 0.1) is 11.4 Å². The fourth-order valence-corrected chi connectivity index (χ4v) is 6.75. The van der Waals surface area contributed by atoms with Crippen molar-refractivity contribution >= 4 is 21.9 Å². The molecule has 3 aromatic heterocycles. The average Bonchev–Trinajstić information content (AvgIpc) is 3.58. The van der Waals surface area contributed by atoms with Crippen molar-refractivity contribution in [1.29, 1.82) is 0 Å². The molecule has 0 N–H and O–H groups in total. The molecule has 6 aromatic carbocycles. The first-order chi connectivity index (χ1) is 24.3. The van der Waals surface area contributed by atoms with Crippen LogP contribution < -0.4 is 0 Å². The molecule has 3 heteroatoms. The molecule has 3 heterocycles. The minimum Gasteiger partial charge on any atom is -0.455 e. The predicted octanol–water partition coefficient (Wildman–Crippen LogP) is 12.4. The number of para-hydroxylation sites is 2. The lowest BCUT2D eigenvalue weighted by Gasteiger charge is -2.14. The Balaban J connectivity index is 1.22. The van der Waals surface area contributed by atoms with Gasteiger partial charge in [-0.3, -0.25) is 9.97 Å². The summed E-state index contributed by atoms with van der Waals surface area (Å²) in [4.78, 5) is 9.72. The highest BCUT2D eigenvalue weighted by Gasteiger charge is 2.19. The molecule has 0 bridgehead atoms. The lowest BCUT2D eigenvalue weighted by molar-refractivity contribution is 0.671. The van der Waals surface area contributed by atoms with E-state index in [4.69, 9.17) is 14.4 Å². The Morgan fingerprint density at radius 1 is 0.306 bits per heavy atom. The number of hydrogen-bond donors (Lipinski definition) is 0. The number of nitrogens with zero attached hydrogens (tertiary/aromatic N) is 2. The van der Waals surface area contributed by atoms with Gasteiger partial charge in [0.2, 0.25) is 0 Å². The maximum atomic E-state index is 6.87. The minimum atomic E-state index is 0.866. The molecule has 3 nitrogen and oxygen atoms in total. The number of furan rings is 1. The van der Waals surface area contributed by atoms with E-state index in [1.807, 2.05) is 54.9 Å². The van der Waals surface area contributed by atoms with Crippen molar-refractivity contribution in [2.45, 2.75) is 0 Å². The number of rotatable bonds is 6. The molecule has 0 atom stereocenters. The van der Waals surface area contributed by atoms with E-state index < -0.39 is 0 Å². The third-order valence-electron chi connectivity index (χ3n) is 9.23. The van der Waals surface area contributed by atoms with Crippen LogP contribution in [0.4, 0.5) is 0 Å². The third-order valence-corrected chi connectivity index (χ3v) is 9.23. The summed E-state index contributed by atoms with van der Waals surface area (Å²) < 4.78 is 6.87. The normalized spacial score (nSPS) is 11.3. The summed E-state index contributed by atoms with van der Waals surface area (Å²) in [6, 6.07) is 59.0. The standard InChI is InChI=1S/C46H30N2O/c1-4-12-31(13-5-1)38-18-10-19-39-40-20-11-21-41(46(40)49-45(38)39)42-28-34(35-23-26-43(47-29-35)32-14-6-2-7-15-32)22-25-37(42)36-24-27-44(48-30-36)33-16-8-3-9-17-33/h1-30H. The van der Waals surface area contributed by atoms with Crippen LogP contribution in [0.25, 0.3) is 89.0 Å². The molecular formula is C46H30N2O. The van der Waals surface area contributed by atoms with Gasteiger partial charge in [0, 0.05) is 56.5 Å². The SMILES string of the molecule is c1ccc(-c2ccc(-c3ccc(-c4ccc(-c5ccccc5)nc4)c(-c4cccc5c4oc4c(-c6ccccc6)cccc45)c3)cn2)cc1. The van der Waals surface area contributed by atoms with Crippen molar-refractivity contribution in [2.24, 2.45) is 0 Å². The van der Waals surface area contributed by atoms with Crippen molar-refractivity contribution < 1.29 is 4.42 Å².